The van der Waals surface area contributed by atoms with E-state index >= 15 is 0 Å². The Morgan fingerprint density at radius 1 is 1.47 bits per heavy atom. The van der Waals surface area contributed by atoms with Crippen LogP contribution < -0.4 is 4.74 Å². The van der Waals surface area contributed by atoms with Crippen molar-refractivity contribution < 1.29 is 19.7 Å². The minimum Gasteiger partial charge on any atom is -0.504 e. The van der Waals surface area contributed by atoms with Gasteiger partial charge in [0, 0.05) is 13.6 Å². The van der Waals surface area contributed by atoms with Gasteiger partial charge in [0.1, 0.15) is 0 Å². The zero-order valence-electron chi connectivity index (χ0n) is 9.96. The van der Waals surface area contributed by atoms with Gasteiger partial charge in [0.25, 0.3) is 5.91 Å². The molecule has 1 rings (SSSR count). The van der Waals surface area contributed by atoms with E-state index in [4.69, 9.17) is 9.84 Å². The number of hydrogen-bond acceptors (Lipinski definition) is 4. The number of amides is 1. The number of rotatable bonds is 5. The molecule has 0 aliphatic carbocycles. The molecule has 0 aliphatic rings. The number of aliphatic hydroxyl groups excluding tert-OH is 1. The lowest BCUT2D eigenvalue weighted by Gasteiger charge is -2.19. The predicted octanol–water partition coefficient (Wildman–Crippen LogP) is 0.610. The highest BCUT2D eigenvalue weighted by molar-refractivity contribution is 5.77. The molecule has 1 amide bonds. The second kappa shape index (κ2) is 6.10. The van der Waals surface area contributed by atoms with E-state index in [2.05, 4.69) is 0 Å². The van der Waals surface area contributed by atoms with Crippen LogP contribution >= 0.6 is 0 Å². The molecule has 0 aromatic heterocycles. The molecule has 0 heterocycles. The van der Waals surface area contributed by atoms with E-state index in [0.29, 0.717) is 0 Å². The number of aromatic hydroxyl groups is 1. The quantitative estimate of drug-likeness (QED) is 0.790. The Morgan fingerprint density at radius 2 is 2.12 bits per heavy atom. The first-order valence-corrected chi connectivity index (χ1v) is 5.33. The molecule has 5 nitrogen and oxygen atoms in total. The Labute approximate surface area is 100 Å². The van der Waals surface area contributed by atoms with Crippen LogP contribution in [0.2, 0.25) is 0 Å². The topological polar surface area (TPSA) is 70.0 Å². The van der Waals surface area contributed by atoms with Gasteiger partial charge in [0.05, 0.1) is 6.10 Å². The van der Waals surface area contributed by atoms with Crippen LogP contribution in [0.4, 0.5) is 0 Å². The summed E-state index contributed by atoms with van der Waals surface area (Å²) in [5.74, 6) is 0.0129. The Balaban J connectivity index is 2.46. The Morgan fingerprint density at radius 3 is 2.71 bits per heavy atom. The first-order valence-electron chi connectivity index (χ1n) is 5.33. The van der Waals surface area contributed by atoms with Gasteiger partial charge in [-0.1, -0.05) is 12.1 Å². The van der Waals surface area contributed by atoms with Gasteiger partial charge in [0.2, 0.25) is 0 Å². The van der Waals surface area contributed by atoms with E-state index in [1.807, 2.05) is 0 Å². The van der Waals surface area contributed by atoms with Crippen molar-refractivity contribution in [1.82, 2.24) is 4.90 Å². The molecule has 1 unspecified atom stereocenters. The smallest absolute Gasteiger partial charge is 0.260 e. The SMILES string of the molecule is CC(O)CN(C)C(=O)COc1ccccc1O. The molecule has 94 valence electrons. The summed E-state index contributed by atoms with van der Waals surface area (Å²) in [6.45, 7) is 1.69. The molecule has 0 spiro atoms. The number of nitrogens with zero attached hydrogens (tertiary/aromatic N) is 1. The van der Waals surface area contributed by atoms with Crippen molar-refractivity contribution in [2.45, 2.75) is 13.0 Å². The minimum atomic E-state index is -0.575. The zero-order valence-corrected chi connectivity index (χ0v) is 9.96. The van der Waals surface area contributed by atoms with Crippen molar-refractivity contribution in [3.63, 3.8) is 0 Å². The molecule has 1 aromatic rings. The number of phenols is 1. The van der Waals surface area contributed by atoms with Crippen LogP contribution in [0.1, 0.15) is 6.92 Å². The summed E-state index contributed by atoms with van der Waals surface area (Å²) >= 11 is 0. The van der Waals surface area contributed by atoms with Crippen LogP contribution in [0.25, 0.3) is 0 Å². The van der Waals surface area contributed by atoms with Crippen molar-refractivity contribution in [3.05, 3.63) is 24.3 Å². The number of phenolic OH excluding ortho intramolecular Hbond substituents is 1. The largest absolute Gasteiger partial charge is 0.504 e. The molecular weight excluding hydrogens is 222 g/mol. The lowest BCUT2D eigenvalue weighted by Crippen LogP contribution is -2.36. The maximum atomic E-state index is 11.6. The standard InChI is InChI=1S/C12H17NO4/c1-9(14)7-13(2)12(16)8-17-11-6-4-3-5-10(11)15/h3-6,9,14-15H,7-8H2,1-2H3. The van der Waals surface area contributed by atoms with Crippen LogP contribution in [0.15, 0.2) is 24.3 Å². The summed E-state index contributed by atoms with van der Waals surface area (Å²) < 4.78 is 5.18. The van der Waals surface area contributed by atoms with Crippen LogP contribution in [-0.4, -0.2) is 47.3 Å². The van der Waals surface area contributed by atoms with Crippen LogP contribution in [0.5, 0.6) is 11.5 Å². The van der Waals surface area contributed by atoms with Gasteiger partial charge in [-0.15, -0.1) is 0 Å². The first-order chi connectivity index (χ1) is 8.00. The number of aliphatic hydroxyl groups is 1. The molecule has 0 fully saturated rings. The van der Waals surface area contributed by atoms with Gasteiger partial charge < -0.3 is 19.8 Å². The van der Waals surface area contributed by atoms with Gasteiger partial charge in [-0.25, -0.2) is 0 Å². The molecule has 0 bridgehead atoms. The van der Waals surface area contributed by atoms with E-state index in [1.54, 1.807) is 32.2 Å². The summed E-state index contributed by atoms with van der Waals surface area (Å²) in [5.41, 5.74) is 0. The van der Waals surface area contributed by atoms with Crippen molar-refractivity contribution in [1.29, 1.82) is 0 Å². The van der Waals surface area contributed by atoms with Gasteiger partial charge in [0.15, 0.2) is 18.1 Å². The molecule has 1 atom stereocenters. The van der Waals surface area contributed by atoms with Gasteiger partial charge in [-0.3, -0.25) is 4.79 Å². The number of likely N-dealkylation sites (N-methyl/N-ethyl adjacent to an activating group) is 1. The van der Waals surface area contributed by atoms with Crippen molar-refractivity contribution in [3.8, 4) is 11.5 Å². The van der Waals surface area contributed by atoms with Crippen LogP contribution in [-0.2, 0) is 4.79 Å². The first kappa shape index (κ1) is 13.3. The molecule has 17 heavy (non-hydrogen) atoms. The maximum Gasteiger partial charge on any atom is 0.260 e. The second-order valence-electron chi connectivity index (χ2n) is 3.88. The molecule has 0 saturated heterocycles. The zero-order chi connectivity index (χ0) is 12.8. The number of para-hydroxylation sites is 2. The lowest BCUT2D eigenvalue weighted by molar-refractivity contribution is -0.133. The fourth-order valence-electron chi connectivity index (χ4n) is 1.33. The van der Waals surface area contributed by atoms with E-state index < -0.39 is 6.10 Å². The number of carbonyl (C=O) groups excluding carboxylic acids is 1. The Bertz CT molecular complexity index is 379. The van der Waals surface area contributed by atoms with Crippen LogP contribution in [0, 0.1) is 0 Å². The van der Waals surface area contributed by atoms with Crippen molar-refractivity contribution >= 4 is 5.91 Å². The van der Waals surface area contributed by atoms with Gasteiger partial charge in [-0.2, -0.15) is 0 Å². The summed E-state index contributed by atoms with van der Waals surface area (Å²) in [6.07, 6.45) is -0.575. The monoisotopic (exact) mass is 239 g/mol. The molecule has 0 aliphatic heterocycles. The average molecular weight is 239 g/mol. The highest BCUT2D eigenvalue weighted by Gasteiger charge is 2.12. The van der Waals surface area contributed by atoms with E-state index in [-0.39, 0.29) is 30.6 Å². The Kier molecular flexibility index (Phi) is 4.78. The fourth-order valence-corrected chi connectivity index (χ4v) is 1.33. The van der Waals surface area contributed by atoms with Crippen molar-refractivity contribution in [2.24, 2.45) is 0 Å². The van der Waals surface area contributed by atoms with Gasteiger partial charge in [-0.05, 0) is 19.1 Å². The molecule has 0 saturated carbocycles. The molecular formula is C12H17NO4. The summed E-state index contributed by atoms with van der Waals surface area (Å²) in [7, 11) is 1.59. The highest BCUT2D eigenvalue weighted by atomic mass is 16.5. The number of benzene rings is 1. The third-order valence-corrected chi connectivity index (χ3v) is 2.18. The summed E-state index contributed by atoms with van der Waals surface area (Å²) in [6, 6.07) is 6.44. The summed E-state index contributed by atoms with van der Waals surface area (Å²) in [4.78, 5) is 13.0. The number of carbonyl (C=O) groups is 1. The molecule has 1 aromatic carbocycles. The third kappa shape index (κ3) is 4.32. The third-order valence-electron chi connectivity index (χ3n) is 2.18. The summed E-state index contributed by atoms with van der Waals surface area (Å²) in [5, 5.41) is 18.5. The second-order valence-corrected chi connectivity index (χ2v) is 3.88. The molecule has 2 N–H and O–H groups in total. The molecule has 5 heteroatoms. The predicted molar refractivity (Wildman–Crippen MR) is 62.9 cm³/mol. The molecule has 0 radical (unpaired) electrons. The van der Waals surface area contributed by atoms with Crippen molar-refractivity contribution in [2.75, 3.05) is 20.2 Å². The normalized spacial score (nSPS) is 11.9. The highest BCUT2D eigenvalue weighted by Crippen LogP contribution is 2.24. The lowest BCUT2D eigenvalue weighted by atomic mass is 10.3. The number of hydrogen-bond donors (Lipinski definition) is 2. The minimum absolute atomic E-state index is 0.00141. The van der Waals surface area contributed by atoms with Crippen LogP contribution in [0.3, 0.4) is 0 Å². The fraction of sp³-hybridized carbons (Fsp3) is 0.417. The van der Waals surface area contributed by atoms with E-state index in [9.17, 15) is 9.90 Å². The number of ether oxygens (including phenoxy) is 1. The van der Waals surface area contributed by atoms with E-state index in [0.717, 1.165) is 0 Å². The van der Waals surface area contributed by atoms with Gasteiger partial charge >= 0.3 is 0 Å². The Hall–Kier alpha value is -1.75. The average Bonchev–Trinajstić information content (AvgIpc) is 2.26. The maximum absolute atomic E-state index is 11.6. The van der Waals surface area contributed by atoms with E-state index in [1.165, 1.54) is 11.0 Å².